The Morgan fingerprint density at radius 3 is 2.68 bits per heavy atom. The summed E-state index contributed by atoms with van der Waals surface area (Å²) in [7, 11) is 0. The molecule has 3 aromatic rings. The highest BCUT2D eigenvalue weighted by atomic mass is 19.4. The van der Waals surface area contributed by atoms with Crippen molar-refractivity contribution in [1.82, 2.24) is 10.2 Å². The Balaban J connectivity index is 1.75. The van der Waals surface area contributed by atoms with Gasteiger partial charge in [-0.15, -0.1) is 13.2 Å². The van der Waals surface area contributed by atoms with Crippen molar-refractivity contribution in [2.75, 3.05) is 10.2 Å². The number of hydrogen-bond acceptors (Lipinski definition) is 4. The van der Waals surface area contributed by atoms with Gasteiger partial charge in [-0.05, 0) is 49.2 Å². The SMILES string of the molecule is CC(=O)N1c2ccc(-c3cc[nH]n3)cc2[C@H](Nc2ccccc2OC(F)(F)F)C[C@@H]1C. The van der Waals surface area contributed by atoms with Gasteiger partial charge in [0.15, 0.2) is 5.75 Å². The van der Waals surface area contributed by atoms with Crippen LogP contribution in [0.2, 0.25) is 0 Å². The molecule has 0 saturated heterocycles. The first-order valence-corrected chi connectivity index (χ1v) is 9.78. The molecule has 2 aromatic carbocycles. The molecule has 0 spiro atoms. The van der Waals surface area contributed by atoms with E-state index in [4.69, 9.17) is 0 Å². The van der Waals surface area contributed by atoms with Crippen LogP contribution >= 0.6 is 0 Å². The fraction of sp³-hybridized carbons (Fsp3) is 0.273. The number of ether oxygens (including phenoxy) is 1. The van der Waals surface area contributed by atoms with Crippen LogP contribution in [-0.2, 0) is 4.79 Å². The van der Waals surface area contributed by atoms with E-state index in [2.05, 4.69) is 20.3 Å². The summed E-state index contributed by atoms with van der Waals surface area (Å²) in [5, 5.41) is 10.2. The molecule has 0 radical (unpaired) electrons. The number of nitrogens with one attached hydrogen (secondary N) is 2. The molecular weight excluding hydrogens is 409 g/mol. The number of carbonyl (C=O) groups excluding carboxylic acids is 1. The number of benzene rings is 2. The maximum atomic E-state index is 12.8. The lowest BCUT2D eigenvalue weighted by molar-refractivity contribution is -0.274. The van der Waals surface area contributed by atoms with Gasteiger partial charge in [0, 0.05) is 30.4 Å². The third kappa shape index (κ3) is 4.35. The maximum Gasteiger partial charge on any atom is 0.573 e. The van der Waals surface area contributed by atoms with E-state index >= 15 is 0 Å². The molecule has 1 aliphatic rings. The topological polar surface area (TPSA) is 70.2 Å². The maximum absolute atomic E-state index is 12.8. The fourth-order valence-corrected chi connectivity index (χ4v) is 4.05. The minimum Gasteiger partial charge on any atom is -0.404 e. The summed E-state index contributed by atoms with van der Waals surface area (Å²) >= 11 is 0. The molecular formula is C22H21F3N4O2. The van der Waals surface area contributed by atoms with E-state index in [-0.39, 0.29) is 29.4 Å². The van der Waals surface area contributed by atoms with Gasteiger partial charge in [0.25, 0.3) is 0 Å². The second-order valence-electron chi connectivity index (χ2n) is 7.45. The zero-order chi connectivity index (χ0) is 22.2. The van der Waals surface area contributed by atoms with Gasteiger partial charge in [-0.1, -0.05) is 18.2 Å². The summed E-state index contributed by atoms with van der Waals surface area (Å²) < 4.78 is 42.7. The number of nitrogens with zero attached hydrogens (tertiary/aromatic N) is 2. The predicted molar refractivity (Wildman–Crippen MR) is 111 cm³/mol. The van der Waals surface area contributed by atoms with Gasteiger partial charge >= 0.3 is 6.36 Å². The third-order valence-electron chi connectivity index (χ3n) is 5.26. The molecule has 2 heterocycles. The van der Waals surface area contributed by atoms with E-state index in [9.17, 15) is 18.0 Å². The third-order valence-corrected chi connectivity index (χ3v) is 5.26. The highest BCUT2D eigenvalue weighted by Gasteiger charge is 2.35. The number of alkyl halides is 3. The van der Waals surface area contributed by atoms with E-state index in [1.54, 1.807) is 23.2 Å². The number of carbonyl (C=O) groups is 1. The molecule has 1 aromatic heterocycles. The molecule has 2 atom stereocenters. The molecule has 9 heteroatoms. The molecule has 162 valence electrons. The van der Waals surface area contributed by atoms with Crippen LogP contribution in [-0.4, -0.2) is 28.5 Å². The van der Waals surface area contributed by atoms with Gasteiger partial charge in [-0.25, -0.2) is 0 Å². The van der Waals surface area contributed by atoms with Gasteiger partial charge < -0.3 is 15.0 Å². The second-order valence-corrected chi connectivity index (χ2v) is 7.45. The Morgan fingerprint density at radius 1 is 1.23 bits per heavy atom. The first-order chi connectivity index (χ1) is 14.7. The number of halogens is 3. The van der Waals surface area contributed by atoms with Crippen LogP contribution in [0, 0.1) is 0 Å². The van der Waals surface area contributed by atoms with Crippen LogP contribution in [0.4, 0.5) is 24.5 Å². The Kier molecular flexibility index (Phi) is 5.34. The zero-order valence-electron chi connectivity index (χ0n) is 16.9. The van der Waals surface area contributed by atoms with Crippen molar-refractivity contribution in [3.8, 4) is 17.0 Å². The zero-order valence-corrected chi connectivity index (χ0v) is 16.9. The Hall–Kier alpha value is -3.49. The van der Waals surface area contributed by atoms with Crippen LogP contribution < -0.4 is 15.0 Å². The van der Waals surface area contributed by atoms with Crippen molar-refractivity contribution in [1.29, 1.82) is 0 Å². The lowest BCUT2D eigenvalue weighted by atomic mass is 9.89. The molecule has 0 saturated carbocycles. The van der Waals surface area contributed by atoms with Crippen molar-refractivity contribution >= 4 is 17.3 Å². The van der Waals surface area contributed by atoms with E-state index in [0.29, 0.717) is 6.42 Å². The van der Waals surface area contributed by atoms with Gasteiger partial charge in [0.1, 0.15) is 0 Å². The van der Waals surface area contributed by atoms with Crippen LogP contribution in [0.25, 0.3) is 11.3 Å². The average Bonchev–Trinajstić information content (AvgIpc) is 3.22. The number of amides is 1. The summed E-state index contributed by atoms with van der Waals surface area (Å²) in [6.07, 6.45) is -2.58. The molecule has 31 heavy (non-hydrogen) atoms. The largest absolute Gasteiger partial charge is 0.573 e. The van der Waals surface area contributed by atoms with Crippen LogP contribution in [0.3, 0.4) is 0 Å². The summed E-state index contributed by atoms with van der Waals surface area (Å²) in [6.45, 7) is 3.42. The average molecular weight is 430 g/mol. The summed E-state index contributed by atoms with van der Waals surface area (Å²) in [5.74, 6) is -0.401. The minimum absolute atomic E-state index is 0.0967. The fourth-order valence-electron chi connectivity index (χ4n) is 4.05. The number of hydrogen-bond donors (Lipinski definition) is 2. The smallest absolute Gasteiger partial charge is 0.404 e. The van der Waals surface area contributed by atoms with Crippen molar-refractivity contribution in [2.24, 2.45) is 0 Å². The van der Waals surface area contributed by atoms with Crippen molar-refractivity contribution in [3.63, 3.8) is 0 Å². The highest BCUT2D eigenvalue weighted by molar-refractivity contribution is 5.94. The van der Waals surface area contributed by atoms with E-state index in [0.717, 1.165) is 22.5 Å². The van der Waals surface area contributed by atoms with E-state index < -0.39 is 6.36 Å². The molecule has 0 bridgehead atoms. The number of para-hydroxylation sites is 2. The van der Waals surface area contributed by atoms with Gasteiger partial charge in [0.2, 0.25) is 5.91 Å². The highest BCUT2D eigenvalue weighted by Crippen LogP contribution is 2.42. The number of H-pyrrole nitrogens is 1. The molecule has 2 N–H and O–H groups in total. The molecule has 1 aliphatic heterocycles. The first kappa shape index (κ1) is 20.8. The van der Waals surface area contributed by atoms with Crippen LogP contribution in [0.5, 0.6) is 5.75 Å². The number of aromatic amines is 1. The van der Waals surface area contributed by atoms with Gasteiger partial charge in [-0.3, -0.25) is 9.89 Å². The Labute approximate surface area is 177 Å². The summed E-state index contributed by atoms with van der Waals surface area (Å²) in [5.41, 5.74) is 3.32. The molecule has 4 rings (SSSR count). The minimum atomic E-state index is -4.80. The van der Waals surface area contributed by atoms with Crippen molar-refractivity contribution < 1.29 is 22.7 Å². The quantitative estimate of drug-likeness (QED) is 0.591. The summed E-state index contributed by atoms with van der Waals surface area (Å²) in [6, 6.07) is 12.9. The molecule has 0 unspecified atom stereocenters. The summed E-state index contributed by atoms with van der Waals surface area (Å²) in [4.78, 5) is 14.0. The number of rotatable bonds is 4. The van der Waals surface area contributed by atoms with E-state index in [1.165, 1.54) is 19.1 Å². The molecule has 6 nitrogen and oxygen atoms in total. The normalized spacial score (nSPS) is 18.4. The lowest BCUT2D eigenvalue weighted by Crippen LogP contribution is -2.43. The van der Waals surface area contributed by atoms with Gasteiger partial charge in [0.05, 0.1) is 17.4 Å². The van der Waals surface area contributed by atoms with Gasteiger partial charge in [-0.2, -0.15) is 5.10 Å². The van der Waals surface area contributed by atoms with E-state index in [1.807, 2.05) is 31.2 Å². The monoisotopic (exact) mass is 430 g/mol. The second kappa shape index (κ2) is 7.98. The molecule has 0 fully saturated rings. The number of fused-ring (bicyclic) bond motifs is 1. The first-order valence-electron chi connectivity index (χ1n) is 9.78. The molecule has 1 amide bonds. The van der Waals surface area contributed by atoms with Crippen LogP contribution in [0.15, 0.2) is 54.7 Å². The molecule has 0 aliphatic carbocycles. The van der Waals surface area contributed by atoms with Crippen LogP contribution in [0.1, 0.15) is 31.9 Å². The van der Waals surface area contributed by atoms with Crippen molar-refractivity contribution in [2.45, 2.75) is 38.7 Å². The standard InChI is InChI=1S/C22H21F3N4O2/c1-13-11-19(27-18-5-3-4-6-21(18)31-22(23,24)25)16-12-15(17-9-10-26-28-17)7-8-20(16)29(13)14(2)30/h3-10,12-13,19,27H,11H2,1-2H3,(H,26,28)/t13-,19+/m0/s1. The predicted octanol–water partition coefficient (Wildman–Crippen LogP) is 5.27. The lowest BCUT2D eigenvalue weighted by Gasteiger charge is -2.40. The Bertz CT molecular complexity index is 1080. The Morgan fingerprint density at radius 2 is 2.00 bits per heavy atom. The number of aromatic nitrogens is 2. The number of anilines is 2. The van der Waals surface area contributed by atoms with Crippen molar-refractivity contribution in [3.05, 3.63) is 60.3 Å².